The smallest absolute Gasteiger partial charge is 0.238 e. The summed E-state index contributed by atoms with van der Waals surface area (Å²) in [5, 5.41) is 1.62. The van der Waals surface area contributed by atoms with E-state index in [2.05, 4.69) is 0 Å². The second-order valence-electron chi connectivity index (χ2n) is 6.47. The van der Waals surface area contributed by atoms with Gasteiger partial charge in [0, 0.05) is 21.3 Å². The Bertz CT molecular complexity index is 1040. The van der Waals surface area contributed by atoms with Crippen molar-refractivity contribution in [3.05, 3.63) is 92.9 Å². The quantitative estimate of drug-likeness (QED) is 0.407. The highest BCUT2D eigenvalue weighted by atomic mass is 35.5. The second kappa shape index (κ2) is 8.88. The fourth-order valence-electron chi connectivity index (χ4n) is 3.11. The molecule has 1 fully saturated rings. The summed E-state index contributed by atoms with van der Waals surface area (Å²) >= 11 is 20.2. The molecule has 0 unspecified atom stereocenters. The van der Waals surface area contributed by atoms with E-state index in [0.29, 0.717) is 33.2 Å². The van der Waals surface area contributed by atoms with Crippen LogP contribution >= 0.6 is 46.6 Å². The van der Waals surface area contributed by atoms with Crippen LogP contribution in [0.1, 0.15) is 16.5 Å². The summed E-state index contributed by atoms with van der Waals surface area (Å²) in [5.74, 6) is 1.04. The van der Waals surface area contributed by atoms with Crippen LogP contribution in [0.15, 0.2) is 66.7 Å². The fraction of sp³-hybridized carbons (Fsp3) is 0.136. The predicted octanol–water partition coefficient (Wildman–Crippen LogP) is 7.00. The third kappa shape index (κ3) is 4.51. The molecule has 0 saturated carbocycles. The Balaban J connectivity index is 1.54. The summed E-state index contributed by atoms with van der Waals surface area (Å²) in [6.45, 7) is 0.326. The third-order valence-electron chi connectivity index (χ3n) is 4.55. The van der Waals surface area contributed by atoms with Gasteiger partial charge in [-0.2, -0.15) is 0 Å². The van der Waals surface area contributed by atoms with Crippen molar-refractivity contribution >= 4 is 58.2 Å². The molecule has 1 heterocycles. The summed E-state index contributed by atoms with van der Waals surface area (Å²) in [5.41, 5.74) is 2.63. The average molecular weight is 465 g/mol. The first-order valence-corrected chi connectivity index (χ1v) is 11.1. The van der Waals surface area contributed by atoms with Crippen molar-refractivity contribution in [3.8, 4) is 5.75 Å². The molecule has 29 heavy (non-hydrogen) atoms. The zero-order valence-electron chi connectivity index (χ0n) is 15.1. The summed E-state index contributed by atoms with van der Waals surface area (Å²) in [6, 6.07) is 20.4. The Morgan fingerprint density at radius 2 is 1.72 bits per heavy atom. The fourth-order valence-corrected chi connectivity index (χ4v) is 4.84. The number of rotatable bonds is 5. The van der Waals surface area contributed by atoms with Crippen molar-refractivity contribution in [2.24, 2.45) is 0 Å². The topological polar surface area (TPSA) is 29.5 Å². The molecule has 3 nitrogen and oxygen atoms in total. The SMILES string of the molecule is O=C1CS[C@H](c2ccc(OCc3ccccc3Cl)c(Cl)c2)N1c1ccc(Cl)cc1. The van der Waals surface area contributed by atoms with Crippen LogP contribution in [0.25, 0.3) is 0 Å². The van der Waals surface area contributed by atoms with Gasteiger partial charge >= 0.3 is 0 Å². The van der Waals surface area contributed by atoms with Crippen LogP contribution < -0.4 is 9.64 Å². The summed E-state index contributed by atoms with van der Waals surface area (Å²) in [7, 11) is 0. The summed E-state index contributed by atoms with van der Waals surface area (Å²) < 4.78 is 5.85. The van der Waals surface area contributed by atoms with Crippen molar-refractivity contribution < 1.29 is 9.53 Å². The van der Waals surface area contributed by atoms with E-state index in [1.807, 2.05) is 54.6 Å². The van der Waals surface area contributed by atoms with Gasteiger partial charge in [0.05, 0.1) is 10.8 Å². The van der Waals surface area contributed by atoms with Gasteiger partial charge in [0.2, 0.25) is 5.91 Å². The lowest BCUT2D eigenvalue weighted by atomic mass is 10.1. The second-order valence-corrected chi connectivity index (χ2v) is 8.79. The highest BCUT2D eigenvalue weighted by molar-refractivity contribution is 8.00. The standard InChI is InChI=1S/C22H16Cl3NO2S/c23-16-6-8-17(9-7-16)26-21(27)13-29-22(26)14-5-10-20(19(25)11-14)28-12-15-3-1-2-4-18(15)24/h1-11,22H,12-13H2/t22-/m1/s1. The van der Waals surface area contributed by atoms with E-state index in [1.165, 1.54) is 0 Å². The van der Waals surface area contributed by atoms with E-state index >= 15 is 0 Å². The number of thioether (sulfide) groups is 1. The highest BCUT2D eigenvalue weighted by Gasteiger charge is 2.34. The molecule has 1 aliphatic heterocycles. The maximum Gasteiger partial charge on any atom is 0.238 e. The first kappa shape index (κ1) is 20.4. The Morgan fingerprint density at radius 1 is 0.966 bits per heavy atom. The van der Waals surface area contributed by atoms with Crippen LogP contribution in [0.2, 0.25) is 15.1 Å². The molecule has 148 valence electrons. The van der Waals surface area contributed by atoms with Gasteiger partial charge in [-0.1, -0.05) is 59.1 Å². The van der Waals surface area contributed by atoms with Gasteiger partial charge < -0.3 is 4.74 Å². The molecule has 0 N–H and O–H groups in total. The number of hydrogen-bond acceptors (Lipinski definition) is 3. The van der Waals surface area contributed by atoms with Crippen molar-refractivity contribution in [1.29, 1.82) is 0 Å². The number of nitrogens with zero attached hydrogens (tertiary/aromatic N) is 1. The van der Waals surface area contributed by atoms with Crippen molar-refractivity contribution in [2.75, 3.05) is 10.7 Å². The first-order chi connectivity index (χ1) is 14.0. The molecule has 7 heteroatoms. The minimum absolute atomic E-state index is 0.0532. The summed E-state index contributed by atoms with van der Waals surface area (Å²) in [4.78, 5) is 14.3. The minimum Gasteiger partial charge on any atom is -0.487 e. The normalized spacial score (nSPS) is 16.3. The predicted molar refractivity (Wildman–Crippen MR) is 121 cm³/mol. The third-order valence-corrected chi connectivity index (χ3v) is 6.68. The Morgan fingerprint density at radius 3 is 2.45 bits per heavy atom. The van der Waals surface area contributed by atoms with Crippen molar-refractivity contribution in [2.45, 2.75) is 12.0 Å². The number of carbonyl (C=O) groups excluding carboxylic acids is 1. The molecule has 0 bridgehead atoms. The molecule has 1 amide bonds. The molecular formula is C22H16Cl3NO2S. The Labute approximate surface area is 188 Å². The average Bonchev–Trinajstić information content (AvgIpc) is 3.10. The molecule has 4 rings (SSSR count). The molecule has 1 saturated heterocycles. The molecule has 0 aromatic heterocycles. The van der Waals surface area contributed by atoms with E-state index in [4.69, 9.17) is 39.5 Å². The van der Waals surface area contributed by atoms with Crippen molar-refractivity contribution in [1.82, 2.24) is 0 Å². The number of carbonyl (C=O) groups is 1. The zero-order chi connectivity index (χ0) is 20.4. The van der Waals surface area contributed by atoms with Gasteiger partial charge in [0.15, 0.2) is 0 Å². The maximum atomic E-state index is 12.5. The molecule has 1 aliphatic rings. The number of anilines is 1. The van der Waals surface area contributed by atoms with Gasteiger partial charge in [-0.05, 0) is 48.0 Å². The van der Waals surface area contributed by atoms with Crippen LogP contribution in [-0.2, 0) is 11.4 Å². The largest absolute Gasteiger partial charge is 0.487 e. The van der Waals surface area contributed by atoms with Crippen LogP contribution in [0.5, 0.6) is 5.75 Å². The Kier molecular flexibility index (Phi) is 6.26. The number of halogens is 3. The van der Waals surface area contributed by atoms with Crippen LogP contribution in [0.4, 0.5) is 5.69 Å². The lowest BCUT2D eigenvalue weighted by Crippen LogP contribution is -2.27. The molecule has 0 spiro atoms. The first-order valence-electron chi connectivity index (χ1n) is 8.88. The van der Waals surface area contributed by atoms with Gasteiger partial charge in [-0.3, -0.25) is 9.69 Å². The van der Waals surface area contributed by atoms with E-state index in [-0.39, 0.29) is 11.3 Å². The van der Waals surface area contributed by atoms with Crippen LogP contribution in [0, 0.1) is 0 Å². The molecular weight excluding hydrogens is 449 g/mol. The maximum absolute atomic E-state index is 12.5. The van der Waals surface area contributed by atoms with Gasteiger partial charge in [-0.15, -0.1) is 11.8 Å². The molecule has 1 atom stereocenters. The molecule has 3 aromatic carbocycles. The van der Waals surface area contributed by atoms with Crippen LogP contribution in [0.3, 0.4) is 0 Å². The zero-order valence-corrected chi connectivity index (χ0v) is 18.2. The minimum atomic E-state index is -0.154. The molecule has 0 aliphatic carbocycles. The molecule has 3 aromatic rings. The summed E-state index contributed by atoms with van der Waals surface area (Å²) in [6.07, 6.45) is 0. The molecule has 0 radical (unpaired) electrons. The monoisotopic (exact) mass is 463 g/mol. The number of ether oxygens (including phenoxy) is 1. The van der Waals surface area contributed by atoms with Gasteiger partial charge in [0.25, 0.3) is 0 Å². The van der Waals surface area contributed by atoms with Crippen LogP contribution in [-0.4, -0.2) is 11.7 Å². The van der Waals surface area contributed by atoms with E-state index in [0.717, 1.165) is 16.8 Å². The van der Waals surface area contributed by atoms with Gasteiger partial charge in [-0.25, -0.2) is 0 Å². The van der Waals surface area contributed by atoms with E-state index in [1.54, 1.807) is 28.8 Å². The highest BCUT2D eigenvalue weighted by Crippen LogP contribution is 2.43. The lowest BCUT2D eigenvalue weighted by molar-refractivity contribution is -0.115. The number of benzene rings is 3. The lowest BCUT2D eigenvalue weighted by Gasteiger charge is -2.25. The van der Waals surface area contributed by atoms with E-state index in [9.17, 15) is 4.79 Å². The van der Waals surface area contributed by atoms with E-state index < -0.39 is 0 Å². The van der Waals surface area contributed by atoms with Crippen molar-refractivity contribution in [3.63, 3.8) is 0 Å². The number of hydrogen-bond donors (Lipinski definition) is 0. The number of amides is 1. The van der Waals surface area contributed by atoms with Gasteiger partial charge in [0.1, 0.15) is 17.7 Å². The Hall–Kier alpha value is -1.85.